The molecule has 0 amide bonds. The van der Waals surface area contributed by atoms with E-state index in [2.05, 4.69) is 54.9 Å². The Morgan fingerprint density at radius 3 is 2.60 bits per heavy atom. The number of aryl methyl sites for hydroxylation is 1. The smallest absolute Gasteiger partial charge is 0.0928 e. The Morgan fingerprint density at radius 2 is 1.95 bits per heavy atom. The molecule has 1 heterocycles. The lowest BCUT2D eigenvalue weighted by Crippen LogP contribution is -2.18. The highest BCUT2D eigenvalue weighted by atomic mass is 32.1. The van der Waals surface area contributed by atoms with Crippen LogP contribution in [0.2, 0.25) is 0 Å². The van der Waals surface area contributed by atoms with Crippen LogP contribution in [0.5, 0.6) is 0 Å². The summed E-state index contributed by atoms with van der Waals surface area (Å²) in [6.45, 7) is 4.53. The average molecular weight is 288 g/mol. The molecule has 1 aromatic carbocycles. The van der Waals surface area contributed by atoms with E-state index < -0.39 is 0 Å². The summed E-state index contributed by atoms with van der Waals surface area (Å²) in [4.78, 5) is 4.77. The molecular weight excluding hydrogens is 264 g/mol. The Morgan fingerprint density at radius 1 is 1.20 bits per heavy atom. The molecule has 0 radical (unpaired) electrons. The van der Waals surface area contributed by atoms with Gasteiger partial charge in [-0.1, -0.05) is 44.2 Å². The lowest BCUT2D eigenvalue weighted by atomic mass is 10.0. The van der Waals surface area contributed by atoms with Crippen molar-refractivity contribution in [2.45, 2.75) is 39.2 Å². The van der Waals surface area contributed by atoms with Gasteiger partial charge in [-0.05, 0) is 31.4 Å². The Bertz CT molecular complexity index is 505. The zero-order valence-corrected chi connectivity index (χ0v) is 13.4. The maximum Gasteiger partial charge on any atom is 0.0928 e. The predicted molar refractivity (Wildman–Crippen MR) is 87.2 cm³/mol. The van der Waals surface area contributed by atoms with E-state index in [0.29, 0.717) is 6.04 Å². The van der Waals surface area contributed by atoms with E-state index in [1.165, 1.54) is 22.7 Å². The monoisotopic (exact) mass is 288 g/mol. The van der Waals surface area contributed by atoms with Gasteiger partial charge < -0.3 is 5.32 Å². The van der Waals surface area contributed by atoms with E-state index in [1.807, 2.05) is 7.05 Å². The highest BCUT2D eigenvalue weighted by Gasteiger charge is 2.12. The van der Waals surface area contributed by atoms with Crippen LogP contribution in [0.1, 0.15) is 42.6 Å². The largest absolute Gasteiger partial charge is 0.313 e. The number of hydrogen-bond acceptors (Lipinski definition) is 3. The van der Waals surface area contributed by atoms with Gasteiger partial charge in [0.25, 0.3) is 0 Å². The molecular formula is C17H24N2S. The number of nitrogens with one attached hydrogen (secondary N) is 1. The molecule has 20 heavy (non-hydrogen) atoms. The number of aromatic nitrogens is 1. The molecule has 1 atom stereocenters. The van der Waals surface area contributed by atoms with Crippen molar-refractivity contribution in [3.8, 4) is 0 Å². The molecule has 2 aromatic rings. The van der Waals surface area contributed by atoms with Crippen LogP contribution in [0.15, 0.2) is 35.7 Å². The number of benzene rings is 1. The SMILES string of the molecule is CNC(Cc1csc(CCC(C)C)n1)c1ccccc1. The lowest BCUT2D eigenvalue weighted by Gasteiger charge is -2.15. The Balaban J connectivity index is 1.98. The van der Waals surface area contributed by atoms with Crippen molar-refractivity contribution in [2.24, 2.45) is 5.92 Å². The summed E-state index contributed by atoms with van der Waals surface area (Å²) in [5, 5.41) is 6.88. The van der Waals surface area contributed by atoms with Crippen molar-refractivity contribution in [1.82, 2.24) is 10.3 Å². The molecule has 0 saturated heterocycles. The fourth-order valence-corrected chi connectivity index (χ4v) is 3.08. The highest BCUT2D eigenvalue weighted by molar-refractivity contribution is 7.09. The van der Waals surface area contributed by atoms with Gasteiger partial charge in [-0.15, -0.1) is 11.3 Å². The second-order valence-electron chi connectivity index (χ2n) is 5.62. The lowest BCUT2D eigenvalue weighted by molar-refractivity contribution is 0.575. The fourth-order valence-electron chi connectivity index (χ4n) is 2.25. The van der Waals surface area contributed by atoms with E-state index in [0.717, 1.165) is 18.8 Å². The minimum Gasteiger partial charge on any atom is -0.313 e. The molecule has 0 aliphatic heterocycles. The molecule has 0 aliphatic carbocycles. The zero-order chi connectivity index (χ0) is 14.4. The van der Waals surface area contributed by atoms with Gasteiger partial charge in [0.1, 0.15) is 0 Å². The first kappa shape index (κ1) is 15.2. The molecule has 108 valence electrons. The Kier molecular flexibility index (Phi) is 5.74. The van der Waals surface area contributed by atoms with Crippen molar-refractivity contribution >= 4 is 11.3 Å². The first-order valence-electron chi connectivity index (χ1n) is 7.34. The van der Waals surface area contributed by atoms with Gasteiger partial charge in [-0.2, -0.15) is 0 Å². The van der Waals surface area contributed by atoms with Crippen LogP contribution in [0, 0.1) is 5.92 Å². The number of rotatable bonds is 7. The van der Waals surface area contributed by atoms with Gasteiger partial charge in [0, 0.05) is 17.8 Å². The van der Waals surface area contributed by atoms with Gasteiger partial charge in [-0.3, -0.25) is 0 Å². The van der Waals surface area contributed by atoms with Crippen molar-refractivity contribution in [3.05, 3.63) is 52.0 Å². The number of hydrogen-bond donors (Lipinski definition) is 1. The first-order valence-corrected chi connectivity index (χ1v) is 8.22. The molecule has 0 aliphatic rings. The van der Waals surface area contributed by atoms with Crippen molar-refractivity contribution < 1.29 is 0 Å². The second-order valence-corrected chi connectivity index (χ2v) is 6.56. The standard InChI is InChI=1S/C17H24N2S/c1-13(2)9-10-17-19-15(12-20-17)11-16(18-3)14-7-5-4-6-8-14/h4-8,12-13,16,18H,9-11H2,1-3H3. The Hall–Kier alpha value is -1.19. The van der Waals surface area contributed by atoms with Crippen LogP contribution in [-0.4, -0.2) is 12.0 Å². The van der Waals surface area contributed by atoms with E-state index in [1.54, 1.807) is 11.3 Å². The van der Waals surface area contributed by atoms with Gasteiger partial charge >= 0.3 is 0 Å². The molecule has 0 saturated carbocycles. The maximum atomic E-state index is 4.77. The normalized spacial score (nSPS) is 12.8. The first-order chi connectivity index (χ1) is 9.69. The summed E-state index contributed by atoms with van der Waals surface area (Å²) in [5.74, 6) is 0.747. The van der Waals surface area contributed by atoms with Crippen LogP contribution in [0.4, 0.5) is 0 Å². The van der Waals surface area contributed by atoms with Crippen LogP contribution < -0.4 is 5.32 Å². The molecule has 1 N–H and O–H groups in total. The van der Waals surface area contributed by atoms with Crippen molar-refractivity contribution in [2.75, 3.05) is 7.05 Å². The number of nitrogens with zero attached hydrogens (tertiary/aromatic N) is 1. The average Bonchev–Trinajstić information content (AvgIpc) is 2.91. The minimum absolute atomic E-state index is 0.344. The van der Waals surface area contributed by atoms with Crippen LogP contribution >= 0.6 is 11.3 Å². The zero-order valence-electron chi connectivity index (χ0n) is 12.6. The summed E-state index contributed by atoms with van der Waals surface area (Å²) in [7, 11) is 2.02. The van der Waals surface area contributed by atoms with Gasteiger partial charge in [0.05, 0.1) is 10.7 Å². The summed E-state index contributed by atoms with van der Waals surface area (Å²) in [5.41, 5.74) is 2.53. The van der Waals surface area contributed by atoms with Crippen molar-refractivity contribution in [1.29, 1.82) is 0 Å². The van der Waals surface area contributed by atoms with Crippen LogP contribution in [0.25, 0.3) is 0 Å². The minimum atomic E-state index is 0.344. The Labute approximate surface area is 126 Å². The third kappa shape index (κ3) is 4.43. The summed E-state index contributed by atoms with van der Waals surface area (Å²) >= 11 is 1.80. The van der Waals surface area contributed by atoms with Gasteiger partial charge in [0.2, 0.25) is 0 Å². The number of likely N-dealkylation sites (N-methyl/N-ethyl adjacent to an activating group) is 1. The molecule has 2 nitrogen and oxygen atoms in total. The van der Waals surface area contributed by atoms with E-state index in [9.17, 15) is 0 Å². The molecule has 2 rings (SSSR count). The second kappa shape index (κ2) is 7.55. The third-order valence-electron chi connectivity index (χ3n) is 3.50. The molecule has 0 fully saturated rings. The van der Waals surface area contributed by atoms with Crippen LogP contribution in [0.3, 0.4) is 0 Å². The van der Waals surface area contributed by atoms with E-state index in [4.69, 9.17) is 4.98 Å². The summed E-state index contributed by atoms with van der Waals surface area (Å²) < 4.78 is 0. The molecule has 0 spiro atoms. The van der Waals surface area contributed by atoms with Crippen LogP contribution in [-0.2, 0) is 12.8 Å². The molecule has 3 heteroatoms. The van der Waals surface area contributed by atoms with Gasteiger partial charge in [-0.25, -0.2) is 4.98 Å². The summed E-state index contributed by atoms with van der Waals surface area (Å²) in [6, 6.07) is 10.9. The van der Waals surface area contributed by atoms with Gasteiger partial charge in [0.15, 0.2) is 0 Å². The third-order valence-corrected chi connectivity index (χ3v) is 4.46. The quantitative estimate of drug-likeness (QED) is 0.824. The summed E-state index contributed by atoms with van der Waals surface area (Å²) in [6.07, 6.45) is 3.29. The van der Waals surface area contributed by atoms with E-state index in [-0.39, 0.29) is 0 Å². The van der Waals surface area contributed by atoms with E-state index >= 15 is 0 Å². The molecule has 1 aromatic heterocycles. The predicted octanol–water partition coefficient (Wildman–Crippen LogP) is 4.23. The molecule has 0 bridgehead atoms. The maximum absolute atomic E-state index is 4.77. The molecule has 1 unspecified atom stereocenters. The fraction of sp³-hybridized carbons (Fsp3) is 0.471. The topological polar surface area (TPSA) is 24.9 Å². The number of thiazole rings is 1. The van der Waals surface area contributed by atoms with Crippen molar-refractivity contribution in [3.63, 3.8) is 0 Å². The highest BCUT2D eigenvalue weighted by Crippen LogP contribution is 2.20.